The number of carbonyl (C=O) groups is 3. The Kier molecular flexibility index (Phi) is 6.97. The minimum absolute atomic E-state index is 0.305. The number of ether oxygens (including phenoxy) is 1. The first kappa shape index (κ1) is 25.2. The fraction of sp³-hybridized carbons (Fsp3) is 0.321. The van der Waals surface area contributed by atoms with Crippen LogP contribution in [0.5, 0.6) is 5.75 Å². The van der Waals surface area contributed by atoms with Gasteiger partial charge in [0.05, 0.1) is 13.7 Å². The first-order chi connectivity index (χ1) is 17.1. The number of imide groups is 1. The van der Waals surface area contributed by atoms with Crippen molar-refractivity contribution in [1.82, 2.24) is 14.8 Å². The fourth-order valence-electron chi connectivity index (χ4n) is 4.57. The number of amides is 3. The summed E-state index contributed by atoms with van der Waals surface area (Å²) < 4.78 is 20.4. The minimum Gasteiger partial charge on any atom is -0.497 e. The molecule has 0 radical (unpaired) electrons. The summed E-state index contributed by atoms with van der Waals surface area (Å²) in [6.07, 6.45) is 0.986. The van der Waals surface area contributed by atoms with Crippen molar-refractivity contribution in [1.29, 1.82) is 0 Å². The predicted molar refractivity (Wildman–Crippen MR) is 134 cm³/mol. The number of rotatable bonds is 9. The lowest BCUT2D eigenvalue weighted by atomic mass is 9.93. The van der Waals surface area contributed by atoms with E-state index >= 15 is 0 Å². The smallest absolute Gasteiger partial charge is 0.325 e. The number of aryl methyl sites for hydroxylation is 2. The molecule has 188 valence electrons. The number of ketones is 1. The maximum absolute atomic E-state index is 13.2. The van der Waals surface area contributed by atoms with Gasteiger partial charge in [-0.1, -0.05) is 24.3 Å². The Morgan fingerprint density at radius 2 is 1.67 bits per heavy atom. The first-order valence-electron chi connectivity index (χ1n) is 11.8. The average Bonchev–Trinajstić information content (AvgIpc) is 3.26. The van der Waals surface area contributed by atoms with Crippen molar-refractivity contribution in [3.8, 4) is 5.75 Å². The van der Waals surface area contributed by atoms with Crippen LogP contribution in [0, 0.1) is 19.7 Å². The summed E-state index contributed by atoms with van der Waals surface area (Å²) >= 11 is 0. The van der Waals surface area contributed by atoms with E-state index in [2.05, 4.69) is 5.32 Å². The van der Waals surface area contributed by atoms with Gasteiger partial charge in [-0.2, -0.15) is 0 Å². The lowest BCUT2D eigenvalue weighted by molar-refractivity contribution is -0.130. The van der Waals surface area contributed by atoms with E-state index in [1.165, 1.54) is 12.1 Å². The molecule has 2 aromatic carbocycles. The third-order valence-electron chi connectivity index (χ3n) is 6.85. The van der Waals surface area contributed by atoms with E-state index in [1.54, 1.807) is 32.2 Å². The highest BCUT2D eigenvalue weighted by atomic mass is 19.1. The molecule has 8 heteroatoms. The summed E-state index contributed by atoms with van der Waals surface area (Å²) in [4.78, 5) is 40.0. The molecular formula is C28H30FN3O4. The van der Waals surface area contributed by atoms with Crippen LogP contribution in [0.2, 0.25) is 0 Å². The highest BCUT2D eigenvalue weighted by molar-refractivity contribution is 6.11. The molecule has 1 aliphatic heterocycles. The molecule has 36 heavy (non-hydrogen) atoms. The molecule has 0 spiro atoms. The second kappa shape index (κ2) is 9.97. The van der Waals surface area contributed by atoms with Gasteiger partial charge in [-0.05, 0) is 75.1 Å². The van der Waals surface area contributed by atoms with Crippen molar-refractivity contribution in [3.63, 3.8) is 0 Å². The van der Waals surface area contributed by atoms with E-state index in [1.807, 2.05) is 42.7 Å². The van der Waals surface area contributed by atoms with Crippen molar-refractivity contribution in [2.24, 2.45) is 0 Å². The maximum Gasteiger partial charge on any atom is 0.325 e. The molecule has 1 aromatic heterocycles. The molecule has 2 heterocycles. The van der Waals surface area contributed by atoms with Crippen molar-refractivity contribution >= 4 is 17.7 Å². The van der Waals surface area contributed by atoms with Crippen LogP contribution in [0.3, 0.4) is 0 Å². The van der Waals surface area contributed by atoms with Crippen LogP contribution in [0.15, 0.2) is 54.6 Å². The number of benzene rings is 2. The van der Waals surface area contributed by atoms with Gasteiger partial charge in [-0.15, -0.1) is 0 Å². The Balaban J connectivity index is 1.44. The molecule has 0 saturated carbocycles. The van der Waals surface area contributed by atoms with E-state index < -0.39 is 17.5 Å². The second-order valence-corrected chi connectivity index (χ2v) is 9.42. The number of hydrogen-bond acceptors (Lipinski definition) is 4. The Labute approximate surface area is 209 Å². The van der Waals surface area contributed by atoms with Crippen molar-refractivity contribution in [2.75, 3.05) is 13.7 Å². The van der Waals surface area contributed by atoms with Crippen LogP contribution in [0.1, 0.15) is 46.2 Å². The van der Waals surface area contributed by atoms with E-state index in [9.17, 15) is 18.8 Å². The van der Waals surface area contributed by atoms with Crippen LogP contribution in [0.25, 0.3) is 0 Å². The van der Waals surface area contributed by atoms with Crippen molar-refractivity contribution < 1.29 is 23.5 Å². The number of urea groups is 1. The average molecular weight is 492 g/mol. The molecule has 4 rings (SSSR count). The molecule has 3 aromatic rings. The number of Topliss-reactive ketones (excluding diaryl/α,β-unsaturated/α-hetero) is 1. The molecule has 1 N–H and O–H groups in total. The zero-order chi connectivity index (χ0) is 26.0. The number of methoxy groups -OCH3 is 1. The molecule has 1 atom stereocenters. The number of nitrogens with zero attached hydrogens (tertiary/aromatic N) is 2. The molecule has 1 saturated heterocycles. The van der Waals surface area contributed by atoms with Gasteiger partial charge in [0.2, 0.25) is 0 Å². The van der Waals surface area contributed by atoms with E-state index in [0.717, 1.165) is 33.2 Å². The Morgan fingerprint density at radius 3 is 2.31 bits per heavy atom. The highest BCUT2D eigenvalue weighted by Crippen LogP contribution is 2.25. The molecule has 0 bridgehead atoms. The molecule has 1 aliphatic rings. The Hall–Kier alpha value is -3.94. The largest absolute Gasteiger partial charge is 0.497 e. The van der Waals surface area contributed by atoms with Crippen LogP contribution in [-0.2, 0) is 17.8 Å². The molecule has 1 fully saturated rings. The predicted octanol–water partition coefficient (Wildman–Crippen LogP) is 4.43. The van der Waals surface area contributed by atoms with Crippen LogP contribution < -0.4 is 10.1 Å². The second-order valence-electron chi connectivity index (χ2n) is 9.42. The van der Waals surface area contributed by atoms with Crippen LogP contribution in [0.4, 0.5) is 9.18 Å². The van der Waals surface area contributed by atoms with Gasteiger partial charge in [0, 0.05) is 23.5 Å². The Bertz CT molecular complexity index is 1300. The summed E-state index contributed by atoms with van der Waals surface area (Å²) in [5.74, 6) is -0.275. The molecule has 0 aliphatic carbocycles. The first-order valence-corrected chi connectivity index (χ1v) is 11.8. The topological polar surface area (TPSA) is 80.6 Å². The zero-order valence-corrected chi connectivity index (χ0v) is 20.9. The monoisotopic (exact) mass is 491 g/mol. The van der Waals surface area contributed by atoms with E-state index in [4.69, 9.17) is 4.74 Å². The van der Waals surface area contributed by atoms with Crippen molar-refractivity contribution in [3.05, 3.63) is 88.5 Å². The van der Waals surface area contributed by atoms with Crippen molar-refractivity contribution in [2.45, 2.75) is 45.7 Å². The number of halogens is 1. The number of aromatic nitrogens is 1. The normalized spacial score (nSPS) is 17.4. The van der Waals surface area contributed by atoms with Crippen LogP contribution in [-0.4, -0.2) is 46.4 Å². The molecule has 3 amide bonds. The lowest BCUT2D eigenvalue weighted by Gasteiger charge is -2.21. The summed E-state index contributed by atoms with van der Waals surface area (Å²) in [5.41, 5.74) is 2.89. The van der Waals surface area contributed by atoms with E-state index in [-0.39, 0.29) is 18.1 Å². The van der Waals surface area contributed by atoms with Gasteiger partial charge in [0.15, 0.2) is 5.78 Å². The molecule has 0 unspecified atom stereocenters. The Morgan fingerprint density at radius 1 is 1.03 bits per heavy atom. The standard InChI is InChI=1S/C28H30FN3O4/c1-18-15-24(19(2)31(18)16-21-5-9-22(29)10-6-21)25(33)17-32-26(34)28(3,30-27(32)35)14-13-20-7-11-23(36-4)12-8-20/h5-12,15H,13-14,16-17H2,1-4H3,(H,30,35)/t28-/m0/s1. The van der Waals surface area contributed by atoms with Crippen LogP contribution >= 0.6 is 0 Å². The zero-order valence-electron chi connectivity index (χ0n) is 20.9. The van der Waals surface area contributed by atoms with Gasteiger partial charge in [0.25, 0.3) is 5.91 Å². The highest BCUT2D eigenvalue weighted by Gasteiger charge is 2.48. The third kappa shape index (κ3) is 5.03. The van der Waals surface area contributed by atoms with Gasteiger partial charge < -0.3 is 14.6 Å². The van der Waals surface area contributed by atoms with Gasteiger partial charge in [0.1, 0.15) is 17.1 Å². The summed E-state index contributed by atoms with van der Waals surface area (Å²) in [6.45, 7) is 5.56. The fourth-order valence-corrected chi connectivity index (χ4v) is 4.57. The minimum atomic E-state index is -1.09. The molecule has 7 nitrogen and oxygen atoms in total. The summed E-state index contributed by atoms with van der Waals surface area (Å²) in [6, 6.07) is 15.0. The van der Waals surface area contributed by atoms with Gasteiger partial charge in [-0.25, -0.2) is 9.18 Å². The number of carbonyl (C=O) groups excluding carboxylic acids is 3. The SMILES string of the molecule is COc1ccc(CC[C@]2(C)NC(=O)N(CC(=O)c3cc(C)n(Cc4ccc(F)cc4)c3C)C2=O)cc1. The quantitative estimate of drug-likeness (QED) is 0.355. The summed E-state index contributed by atoms with van der Waals surface area (Å²) in [5, 5.41) is 2.77. The number of hydrogen-bond donors (Lipinski definition) is 1. The molecular weight excluding hydrogens is 461 g/mol. The van der Waals surface area contributed by atoms with Gasteiger partial charge >= 0.3 is 6.03 Å². The van der Waals surface area contributed by atoms with Gasteiger partial charge in [-0.3, -0.25) is 14.5 Å². The third-order valence-corrected chi connectivity index (χ3v) is 6.85. The lowest BCUT2D eigenvalue weighted by Crippen LogP contribution is -2.44. The summed E-state index contributed by atoms with van der Waals surface area (Å²) in [7, 11) is 1.60. The van der Waals surface area contributed by atoms with E-state index in [0.29, 0.717) is 24.9 Å². The maximum atomic E-state index is 13.2. The number of nitrogens with one attached hydrogen (secondary N) is 1.